The third-order valence-corrected chi connectivity index (χ3v) is 4.85. The Kier molecular flexibility index (Phi) is 4.34. The number of aromatic nitrogens is 1. The molecule has 1 aliphatic heterocycles. The molecule has 3 nitrogen and oxygen atoms in total. The Balaban J connectivity index is 1.64. The molecule has 108 valence electrons. The fourth-order valence-corrected chi connectivity index (χ4v) is 3.75. The number of rotatable bonds is 3. The van der Waals surface area contributed by atoms with E-state index in [0.29, 0.717) is 11.8 Å². The highest BCUT2D eigenvalue weighted by Gasteiger charge is 2.31. The summed E-state index contributed by atoms with van der Waals surface area (Å²) in [7, 11) is 0. The Hall–Kier alpha value is -1.38. The molecule has 3 rings (SSSR count). The van der Waals surface area contributed by atoms with Crippen LogP contribution in [0.3, 0.4) is 0 Å². The van der Waals surface area contributed by atoms with Gasteiger partial charge in [0, 0.05) is 25.4 Å². The molecule has 0 aromatic carbocycles. The Bertz CT molecular complexity index is 440. The van der Waals surface area contributed by atoms with Crippen LogP contribution in [0.2, 0.25) is 0 Å². The lowest BCUT2D eigenvalue weighted by Crippen LogP contribution is -2.32. The van der Waals surface area contributed by atoms with Gasteiger partial charge in [0.05, 0.1) is 6.04 Å². The molecule has 0 spiro atoms. The number of likely N-dealkylation sites (tertiary alicyclic amines) is 1. The van der Waals surface area contributed by atoms with E-state index in [1.807, 2.05) is 12.4 Å². The van der Waals surface area contributed by atoms with Crippen molar-refractivity contribution >= 4 is 5.91 Å². The van der Waals surface area contributed by atoms with E-state index < -0.39 is 0 Å². The Morgan fingerprint density at radius 2 is 1.85 bits per heavy atom. The Morgan fingerprint density at radius 3 is 2.60 bits per heavy atom. The molecular formula is C17H24N2O. The van der Waals surface area contributed by atoms with Gasteiger partial charge in [-0.25, -0.2) is 0 Å². The smallest absolute Gasteiger partial charge is 0.223 e. The molecule has 1 aromatic heterocycles. The van der Waals surface area contributed by atoms with Crippen LogP contribution < -0.4 is 0 Å². The van der Waals surface area contributed by atoms with Crippen molar-refractivity contribution in [3.05, 3.63) is 30.1 Å². The number of carbonyl (C=O) groups excluding carboxylic acids is 1. The fourth-order valence-electron chi connectivity index (χ4n) is 3.75. The minimum absolute atomic E-state index is 0.286. The SMILES string of the molecule is O=C(CC1CCCCC1)N1CCCC1c1ccncc1. The van der Waals surface area contributed by atoms with Crippen LogP contribution in [0.1, 0.15) is 63.0 Å². The molecular weight excluding hydrogens is 248 g/mol. The van der Waals surface area contributed by atoms with Crippen LogP contribution in [0.15, 0.2) is 24.5 Å². The van der Waals surface area contributed by atoms with Crippen LogP contribution in [0.4, 0.5) is 0 Å². The van der Waals surface area contributed by atoms with Crippen molar-refractivity contribution in [2.45, 2.75) is 57.4 Å². The molecule has 20 heavy (non-hydrogen) atoms. The molecule has 0 radical (unpaired) electrons. The van der Waals surface area contributed by atoms with E-state index in [1.165, 1.54) is 37.7 Å². The number of hydrogen-bond donors (Lipinski definition) is 0. The topological polar surface area (TPSA) is 33.2 Å². The second-order valence-corrected chi connectivity index (χ2v) is 6.23. The molecule has 1 aliphatic carbocycles. The van der Waals surface area contributed by atoms with Crippen molar-refractivity contribution in [3.63, 3.8) is 0 Å². The predicted molar refractivity (Wildman–Crippen MR) is 79.1 cm³/mol. The van der Waals surface area contributed by atoms with Crippen molar-refractivity contribution in [2.75, 3.05) is 6.54 Å². The van der Waals surface area contributed by atoms with Gasteiger partial charge in [-0.1, -0.05) is 19.3 Å². The van der Waals surface area contributed by atoms with Gasteiger partial charge in [0.15, 0.2) is 0 Å². The zero-order valence-electron chi connectivity index (χ0n) is 12.1. The molecule has 0 bridgehead atoms. The van der Waals surface area contributed by atoms with E-state index in [9.17, 15) is 4.79 Å². The summed E-state index contributed by atoms with van der Waals surface area (Å²) in [6.07, 6.45) is 13.1. The van der Waals surface area contributed by atoms with Crippen LogP contribution >= 0.6 is 0 Å². The lowest BCUT2D eigenvalue weighted by molar-refractivity contribution is -0.133. The number of carbonyl (C=O) groups is 1. The highest BCUT2D eigenvalue weighted by molar-refractivity contribution is 5.77. The van der Waals surface area contributed by atoms with Gasteiger partial charge in [0.2, 0.25) is 5.91 Å². The summed E-state index contributed by atoms with van der Waals surface area (Å²) in [5.74, 6) is 1.01. The Labute approximate surface area is 121 Å². The molecule has 2 heterocycles. The highest BCUT2D eigenvalue weighted by Crippen LogP contribution is 2.34. The summed E-state index contributed by atoms with van der Waals surface area (Å²) in [5.41, 5.74) is 1.24. The van der Waals surface area contributed by atoms with Gasteiger partial charge in [-0.3, -0.25) is 9.78 Å². The van der Waals surface area contributed by atoms with Crippen molar-refractivity contribution in [3.8, 4) is 0 Å². The summed E-state index contributed by atoms with van der Waals surface area (Å²) in [5, 5.41) is 0. The van der Waals surface area contributed by atoms with Crippen LogP contribution in [0, 0.1) is 5.92 Å². The van der Waals surface area contributed by atoms with E-state index in [2.05, 4.69) is 22.0 Å². The first-order chi connectivity index (χ1) is 9.84. The summed E-state index contributed by atoms with van der Waals surface area (Å²) in [6, 6.07) is 4.39. The van der Waals surface area contributed by atoms with E-state index in [4.69, 9.17) is 0 Å². The molecule has 1 unspecified atom stereocenters. The average Bonchev–Trinajstić information content (AvgIpc) is 2.99. The molecule has 0 N–H and O–H groups in total. The van der Waals surface area contributed by atoms with Gasteiger partial charge in [-0.05, 0) is 49.3 Å². The summed E-state index contributed by atoms with van der Waals surface area (Å²) < 4.78 is 0. The second-order valence-electron chi connectivity index (χ2n) is 6.23. The first kappa shape index (κ1) is 13.6. The predicted octanol–water partition coefficient (Wildman–Crippen LogP) is 3.72. The molecule has 1 saturated carbocycles. The Morgan fingerprint density at radius 1 is 1.10 bits per heavy atom. The maximum atomic E-state index is 12.6. The van der Waals surface area contributed by atoms with Gasteiger partial charge >= 0.3 is 0 Å². The number of hydrogen-bond acceptors (Lipinski definition) is 2. The van der Waals surface area contributed by atoms with Crippen molar-refractivity contribution in [1.29, 1.82) is 0 Å². The van der Waals surface area contributed by atoms with Crippen LogP contribution in [0.25, 0.3) is 0 Å². The first-order valence-corrected chi connectivity index (χ1v) is 8.04. The molecule has 1 amide bonds. The van der Waals surface area contributed by atoms with Crippen LogP contribution in [-0.4, -0.2) is 22.3 Å². The van der Waals surface area contributed by atoms with Crippen LogP contribution in [-0.2, 0) is 4.79 Å². The molecule has 3 heteroatoms. The van der Waals surface area contributed by atoms with Gasteiger partial charge in [0.1, 0.15) is 0 Å². The molecule has 2 aliphatic rings. The number of amides is 1. The lowest BCUT2D eigenvalue weighted by Gasteiger charge is -2.28. The second kappa shape index (κ2) is 6.38. The molecule has 1 saturated heterocycles. The molecule has 1 atom stereocenters. The van der Waals surface area contributed by atoms with Gasteiger partial charge < -0.3 is 4.90 Å². The molecule has 1 aromatic rings. The van der Waals surface area contributed by atoms with Crippen molar-refractivity contribution in [2.24, 2.45) is 5.92 Å². The zero-order valence-corrected chi connectivity index (χ0v) is 12.1. The summed E-state index contributed by atoms with van der Waals surface area (Å²) in [4.78, 5) is 18.8. The van der Waals surface area contributed by atoms with Gasteiger partial charge in [-0.2, -0.15) is 0 Å². The van der Waals surface area contributed by atoms with Gasteiger partial charge in [-0.15, -0.1) is 0 Å². The minimum Gasteiger partial charge on any atom is -0.336 e. The quantitative estimate of drug-likeness (QED) is 0.840. The van der Waals surface area contributed by atoms with E-state index in [-0.39, 0.29) is 6.04 Å². The lowest BCUT2D eigenvalue weighted by atomic mass is 9.86. The standard InChI is InChI=1S/C17H24N2O/c20-17(13-14-5-2-1-3-6-14)19-12-4-7-16(19)15-8-10-18-11-9-15/h8-11,14,16H,1-7,12-13H2. The fraction of sp³-hybridized carbons (Fsp3) is 0.647. The third kappa shape index (κ3) is 3.02. The normalized spacial score (nSPS) is 24.0. The monoisotopic (exact) mass is 272 g/mol. The first-order valence-electron chi connectivity index (χ1n) is 8.04. The minimum atomic E-state index is 0.286. The van der Waals surface area contributed by atoms with E-state index in [0.717, 1.165) is 25.8 Å². The van der Waals surface area contributed by atoms with Gasteiger partial charge in [0.25, 0.3) is 0 Å². The summed E-state index contributed by atoms with van der Waals surface area (Å²) >= 11 is 0. The van der Waals surface area contributed by atoms with Crippen LogP contribution in [0.5, 0.6) is 0 Å². The van der Waals surface area contributed by atoms with E-state index >= 15 is 0 Å². The number of pyridine rings is 1. The van der Waals surface area contributed by atoms with Crippen molar-refractivity contribution < 1.29 is 4.79 Å². The third-order valence-electron chi connectivity index (χ3n) is 4.85. The highest BCUT2D eigenvalue weighted by atomic mass is 16.2. The maximum Gasteiger partial charge on any atom is 0.223 e. The van der Waals surface area contributed by atoms with Crippen molar-refractivity contribution in [1.82, 2.24) is 9.88 Å². The zero-order chi connectivity index (χ0) is 13.8. The van der Waals surface area contributed by atoms with E-state index in [1.54, 1.807) is 0 Å². The average molecular weight is 272 g/mol. The molecule has 2 fully saturated rings. The number of nitrogens with zero attached hydrogens (tertiary/aromatic N) is 2. The maximum absolute atomic E-state index is 12.6. The largest absolute Gasteiger partial charge is 0.336 e. The summed E-state index contributed by atoms with van der Waals surface area (Å²) in [6.45, 7) is 0.929.